The summed E-state index contributed by atoms with van der Waals surface area (Å²) < 4.78 is 10.5. The van der Waals surface area contributed by atoms with E-state index in [0.717, 1.165) is 17.3 Å². The predicted octanol–water partition coefficient (Wildman–Crippen LogP) is 2.37. The maximum Gasteiger partial charge on any atom is 0.158 e. The predicted molar refractivity (Wildman–Crippen MR) is 82.8 cm³/mol. The molecule has 1 heterocycles. The number of nitrogens with zero attached hydrogens (tertiary/aromatic N) is 3. The van der Waals surface area contributed by atoms with Gasteiger partial charge in [0.25, 0.3) is 0 Å². The van der Waals surface area contributed by atoms with Crippen molar-refractivity contribution < 1.29 is 9.47 Å². The van der Waals surface area contributed by atoms with E-state index >= 15 is 0 Å². The topological polar surface area (TPSA) is 73.5 Å². The van der Waals surface area contributed by atoms with Gasteiger partial charge in [0.05, 0.1) is 7.11 Å². The van der Waals surface area contributed by atoms with Gasteiger partial charge in [-0.25, -0.2) is 9.97 Å². The van der Waals surface area contributed by atoms with E-state index in [4.69, 9.17) is 15.2 Å². The van der Waals surface area contributed by atoms with Crippen molar-refractivity contribution in [1.29, 1.82) is 0 Å². The molecule has 0 aliphatic rings. The van der Waals surface area contributed by atoms with Gasteiger partial charge in [0.15, 0.2) is 5.82 Å². The summed E-state index contributed by atoms with van der Waals surface area (Å²) in [5, 5.41) is 0. The van der Waals surface area contributed by atoms with Crippen LogP contribution in [0.5, 0.6) is 5.75 Å². The molecule has 0 radical (unpaired) electrons. The van der Waals surface area contributed by atoms with Crippen LogP contribution in [-0.2, 0) is 11.3 Å². The first-order chi connectivity index (χ1) is 10.1. The van der Waals surface area contributed by atoms with E-state index in [9.17, 15) is 0 Å². The van der Waals surface area contributed by atoms with Crippen LogP contribution < -0.4 is 15.4 Å². The van der Waals surface area contributed by atoms with Crippen molar-refractivity contribution in [1.82, 2.24) is 9.97 Å². The molecule has 0 fully saturated rings. The first-order valence-electron chi connectivity index (χ1n) is 6.73. The lowest BCUT2D eigenvalue weighted by Crippen LogP contribution is -2.14. The number of nitrogens with two attached hydrogens (primary N) is 1. The second kappa shape index (κ2) is 6.90. The van der Waals surface area contributed by atoms with Crippen LogP contribution >= 0.6 is 0 Å². The van der Waals surface area contributed by atoms with Gasteiger partial charge in [-0.05, 0) is 31.2 Å². The molecule has 1 aromatic heterocycles. The van der Waals surface area contributed by atoms with Crippen LogP contribution in [0.4, 0.5) is 17.3 Å². The second-order valence-corrected chi connectivity index (χ2v) is 4.46. The molecule has 0 aliphatic heterocycles. The van der Waals surface area contributed by atoms with E-state index in [0.29, 0.717) is 24.9 Å². The molecule has 0 aliphatic carbocycles. The third-order valence-corrected chi connectivity index (χ3v) is 3.02. The average Bonchev–Trinajstić information content (AvgIpc) is 2.51. The van der Waals surface area contributed by atoms with Gasteiger partial charge < -0.3 is 20.1 Å². The summed E-state index contributed by atoms with van der Waals surface area (Å²) in [4.78, 5) is 10.6. The zero-order chi connectivity index (χ0) is 15.2. The molecular weight excluding hydrogens is 268 g/mol. The van der Waals surface area contributed by atoms with Crippen molar-refractivity contribution in [2.45, 2.75) is 13.5 Å². The van der Waals surface area contributed by atoms with E-state index in [-0.39, 0.29) is 0 Å². The van der Waals surface area contributed by atoms with Crippen LogP contribution in [0.2, 0.25) is 0 Å². The molecule has 6 heteroatoms. The van der Waals surface area contributed by atoms with Crippen molar-refractivity contribution in [3.63, 3.8) is 0 Å². The van der Waals surface area contributed by atoms with Crippen LogP contribution in [0.25, 0.3) is 0 Å². The summed E-state index contributed by atoms with van der Waals surface area (Å²) >= 11 is 0. The van der Waals surface area contributed by atoms with Crippen molar-refractivity contribution in [2.75, 3.05) is 31.4 Å². The van der Waals surface area contributed by atoms with Crippen LogP contribution in [0, 0.1) is 0 Å². The normalized spacial score (nSPS) is 10.4. The average molecular weight is 288 g/mol. The van der Waals surface area contributed by atoms with E-state index in [1.54, 1.807) is 13.2 Å². The lowest BCUT2D eigenvalue weighted by atomic mass is 10.3. The van der Waals surface area contributed by atoms with Crippen LogP contribution in [0.15, 0.2) is 30.3 Å². The van der Waals surface area contributed by atoms with Crippen molar-refractivity contribution >= 4 is 17.3 Å². The Morgan fingerprint density at radius 3 is 2.52 bits per heavy atom. The highest BCUT2D eigenvalue weighted by Gasteiger charge is 2.09. The standard InChI is InChI=1S/C15H20N4O2/c1-4-21-10-14-17-13(16)9-15(18-14)19(2)11-5-7-12(20-3)8-6-11/h5-9H,4,10H2,1-3H3,(H2,16,17,18). The quantitative estimate of drug-likeness (QED) is 0.879. The Kier molecular flexibility index (Phi) is 4.94. The van der Waals surface area contributed by atoms with Gasteiger partial charge >= 0.3 is 0 Å². The van der Waals surface area contributed by atoms with Gasteiger partial charge in [-0.3, -0.25) is 0 Å². The van der Waals surface area contributed by atoms with Crippen LogP contribution in [-0.4, -0.2) is 30.7 Å². The molecule has 2 N–H and O–H groups in total. The molecule has 0 amide bonds. The van der Waals surface area contributed by atoms with Gasteiger partial charge in [-0.15, -0.1) is 0 Å². The number of rotatable bonds is 6. The molecule has 1 aromatic carbocycles. The summed E-state index contributed by atoms with van der Waals surface area (Å²) in [5.41, 5.74) is 6.82. The van der Waals surface area contributed by atoms with E-state index in [2.05, 4.69) is 9.97 Å². The molecule has 0 atom stereocenters. The Morgan fingerprint density at radius 1 is 1.19 bits per heavy atom. The fourth-order valence-electron chi connectivity index (χ4n) is 1.87. The Hall–Kier alpha value is -2.34. The number of hydrogen-bond acceptors (Lipinski definition) is 6. The first-order valence-corrected chi connectivity index (χ1v) is 6.73. The van der Waals surface area contributed by atoms with Gasteiger partial charge in [-0.2, -0.15) is 0 Å². The van der Waals surface area contributed by atoms with Crippen molar-refractivity contribution in [2.24, 2.45) is 0 Å². The van der Waals surface area contributed by atoms with Crippen LogP contribution in [0.3, 0.4) is 0 Å². The number of nitrogen functional groups attached to an aromatic ring is 1. The largest absolute Gasteiger partial charge is 0.497 e. The summed E-state index contributed by atoms with van der Waals surface area (Å²) in [5.74, 6) is 2.54. The zero-order valence-corrected chi connectivity index (χ0v) is 12.5. The van der Waals surface area contributed by atoms with Gasteiger partial charge in [-0.1, -0.05) is 0 Å². The SMILES string of the molecule is CCOCc1nc(N)cc(N(C)c2ccc(OC)cc2)n1. The smallest absolute Gasteiger partial charge is 0.158 e. The summed E-state index contributed by atoms with van der Waals surface area (Å²) in [6.07, 6.45) is 0. The third kappa shape index (κ3) is 3.82. The zero-order valence-electron chi connectivity index (χ0n) is 12.5. The summed E-state index contributed by atoms with van der Waals surface area (Å²) in [6.45, 7) is 2.89. The molecule has 21 heavy (non-hydrogen) atoms. The molecule has 112 valence electrons. The summed E-state index contributed by atoms with van der Waals surface area (Å²) in [6, 6.07) is 9.45. The Labute approximate surface area is 124 Å². The maximum atomic E-state index is 5.84. The fourth-order valence-corrected chi connectivity index (χ4v) is 1.87. The molecular formula is C15H20N4O2. The molecule has 2 aromatic rings. The van der Waals surface area contributed by atoms with E-state index in [1.165, 1.54) is 0 Å². The van der Waals surface area contributed by atoms with Gasteiger partial charge in [0.1, 0.15) is 24.0 Å². The second-order valence-electron chi connectivity index (χ2n) is 4.46. The minimum atomic E-state index is 0.352. The maximum absolute atomic E-state index is 5.84. The van der Waals surface area contributed by atoms with E-state index in [1.807, 2.05) is 43.1 Å². The van der Waals surface area contributed by atoms with Crippen LogP contribution in [0.1, 0.15) is 12.7 Å². The van der Waals surface area contributed by atoms with E-state index < -0.39 is 0 Å². The minimum absolute atomic E-state index is 0.352. The van der Waals surface area contributed by atoms with Crippen molar-refractivity contribution in [3.05, 3.63) is 36.2 Å². The molecule has 2 rings (SSSR count). The molecule has 6 nitrogen and oxygen atoms in total. The first kappa shape index (κ1) is 15.1. The molecule has 0 unspecified atom stereocenters. The number of benzene rings is 1. The highest BCUT2D eigenvalue weighted by molar-refractivity contribution is 5.61. The molecule has 0 bridgehead atoms. The van der Waals surface area contributed by atoms with Gasteiger partial charge in [0.2, 0.25) is 0 Å². The molecule has 0 saturated heterocycles. The monoisotopic (exact) mass is 288 g/mol. The van der Waals surface area contributed by atoms with Gasteiger partial charge in [0, 0.05) is 25.4 Å². The highest BCUT2D eigenvalue weighted by Crippen LogP contribution is 2.25. The third-order valence-electron chi connectivity index (χ3n) is 3.02. The Balaban J connectivity index is 2.24. The number of aromatic nitrogens is 2. The molecule has 0 saturated carbocycles. The minimum Gasteiger partial charge on any atom is -0.497 e. The summed E-state index contributed by atoms with van der Waals surface area (Å²) in [7, 11) is 3.57. The number of ether oxygens (including phenoxy) is 2. The Bertz CT molecular complexity index is 587. The fraction of sp³-hybridized carbons (Fsp3) is 0.333. The lowest BCUT2D eigenvalue weighted by molar-refractivity contribution is 0.128. The lowest BCUT2D eigenvalue weighted by Gasteiger charge is -2.19. The number of anilines is 3. The highest BCUT2D eigenvalue weighted by atomic mass is 16.5. The van der Waals surface area contributed by atoms with Crippen molar-refractivity contribution in [3.8, 4) is 5.75 Å². The number of hydrogen-bond donors (Lipinski definition) is 1. The number of methoxy groups -OCH3 is 1. The Morgan fingerprint density at radius 2 is 1.90 bits per heavy atom. The molecule has 0 spiro atoms.